The maximum atomic E-state index is 10.2. The molecule has 1 aliphatic rings. The third-order valence-corrected chi connectivity index (χ3v) is 3.09. The van der Waals surface area contributed by atoms with Gasteiger partial charge in [0.2, 0.25) is 11.8 Å². The van der Waals surface area contributed by atoms with Gasteiger partial charge in [-0.25, -0.2) is 9.98 Å². The van der Waals surface area contributed by atoms with E-state index in [9.17, 15) is 5.11 Å². The van der Waals surface area contributed by atoms with E-state index in [2.05, 4.69) is 23.8 Å². The van der Waals surface area contributed by atoms with E-state index >= 15 is 0 Å². The number of nitrogens with zero attached hydrogens (tertiary/aromatic N) is 2. The van der Waals surface area contributed by atoms with Crippen molar-refractivity contribution in [1.29, 1.82) is 0 Å². The van der Waals surface area contributed by atoms with Crippen molar-refractivity contribution in [2.24, 2.45) is 21.8 Å². The van der Waals surface area contributed by atoms with Gasteiger partial charge in [-0.05, 0) is 11.8 Å². The van der Waals surface area contributed by atoms with Crippen LogP contribution in [0.2, 0.25) is 0 Å². The zero-order valence-corrected chi connectivity index (χ0v) is 12.0. The number of aliphatic imine (C=N–C) groups is 2. The molecule has 104 valence electrons. The molecule has 0 amide bonds. The zero-order chi connectivity index (χ0) is 13.9. The molecule has 18 heavy (non-hydrogen) atoms. The molecule has 1 aliphatic heterocycles. The van der Waals surface area contributed by atoms with Crippen LogP contribution in [-0.4, -0.2) is 49.3 Å². The lowest BCUT2D eigenvalue weighted by Crippen LogP contribution is -2.44. The highest BCUT2D eigenvalue weighted by Gasteiger charge is 2.35. The van der Waals surface area contributed by atoms with Crippen LogP contribution in [0.25, 0.3) is 0 Å². The van der Waals surface area contributed by atoms with Crippen molar-refractivity contribution in [2.45, 2.75) is 45.9 Å². The first kappa shape index (κ1) is 15.0. The SMILES string of the molecule is COC1=N[C@H](C(C)C)C(OC)=NC1[C@H](O)C(C)C. The highest BCUT2D eigenvalue weighted by molar-refractivity contribution is 5.94. The predicted octanol–water partition coefficient (Wildman–Crippen LogP) is 1.50. The van der Waals surface area contributed by atoms with E-state index in [1.807, 2.05) is 13.8 Å². The monoisotopic (exact) mass is 256 g/mol. The molecule has 0 aromatic carbocycles. The van der Waals surface area contributed by atoms with Gasteiger partial charge in [0, 0.05) is 0 Å². The second kappa shape index (κ2) is 6.18. The van der Waals surface area contributed by atoms with Gasteiger partial charge in [-0.3, -0.25) is 0 Å². The van der Waals surface area contributed by atoms with Crippen molar-refractivity contribution in [2.75, 3.05) is 14.2 Å². The van der Waals surface area contributed by atoms with Crippen LogP contribution in [0.15, 0.2) is 9.98 Å². The number of hydrogen-bond acceptors (Lipinski definition) is 5. The lowest BCUT2D eigenvalue weighted by molar-refractivity contribution is 0.108. The zero-order valence-electron chi connectivity index (χ0n) is 12.0. The average molecular weight is 256 g/mol. The standard InChI is InChI=1S/C13H24N2O3/c1-7(2)9-12(17-5)15-10(11(16)8(3)4)13(14-9)18-6/h7-11,16H,1-6H3/t9-,10?,11-/m1/s1. The Bertz CT molecular complexity index is 337. The minimum absolute atomic E-state index is 0.0767. The molecule has 0 saturated heterocycles. The van der Waals surface area contributed by atoms with Crippen molar-refractivity contribution in [1.82, 2.24) is 0 Å². The Kier molecular flexibility index (Phi) is 5.14. The van der Waals surface area contributed by atoms with Crippen molar-refractivity contribution in [3.63, 3.8) is 0 Å². The summed E-state index contributed by atoms with van der Waals surface area (Å²) in [6.07, 6.45) is -0.623. The second-order valence-corrected chi connectivity index (χ2v) is 5.21. The van der Waals surface area contributed by atoms with Gasteiger partial charge in [-0.2, -0.15) is 0 Å². The Morgan fingerprint density at radius 2 is 1.39 bits per heavy atom. The van der Waals surface area contributed by atoms with Crippen LogP contribution in [0.3, 0.4) is 0 Å². The van der Waals surface area contributed by atoms with Gasteiger partial charge in [0.05, 0.1) is 20.3 Å². The molecule has 0 radical (unpaired) electrons. The van der Waals surface area contributed by atoms with E-state index in [0.29, 0.717) is 11.8 Å². The summed E-state index contributed by atoms with van der Waals surface area (Å²) in [7, 11) is 3.14. The van der Waals surface area contributed by atoms with Crippen LogP contribution in [-0.2, 0) is 9.47 Å². The minimum atomic E-state index is -0.623. The van der Waals surface area contributed by atoms with Crippen LogP contribution in [0.5, 0.6) is 0 Å². The summed E-state index contributed by atoms with van der Waals surface area (Å²) in [4.78, 5) is 8.98. The van der Waals surface area contributed by atoms with Gasteiger partial charge in [-0.1, -0.05) is 27.7 Å². The number of aliphatic hydroxyl groups excluding tert-OH is 1. The predicted molar refractivity (Wildman–Crippen MR) is 72.1 cm³/mol. The van der Waals surface area contributed by atoms with Crippen LogP contribution < -0.4 is 0 Å². The first-order chi connectivity index (χ1) is 8.42. The lowest BCUT2D eigenvalue weighted by Gasteiger charge is -2.30. The fourth-order valence-corrected chi connectivity index (χ4v) is 1.91. The Labute approximate surface area is 109 Å². The molecule has 5 nitrogen and oxygen atoms in total. The molecule has 0 aromatic heterocycles. The maximum absolute atomic E-state index is 10.2. The molecule has 0 aliphatic carbocycles. The van der Waals surface area contributed by atoms with Gasteiger partial charge < -0.3 is 14.6 Å². The molecule has 3 atom stereocenters. The van der Waals surface area contributed by atoms with Crippen molar-refractivity contribution >= 4 is 11.8 Å². The normalized spacial score (nSPS) is 25.8. The Morgan fingerprint density at radius 3 is 1.78 bits per heavy atom. The molecule has 0 aromatic rings. The summed E-state index contributed by atoms with van der Waals surface area (Å²) in [6, 6.07) is -0.611. The number of hydrogen-bond donors (Lipinski definition) is 1. The number of rotatable bonds is 3. The van der Waals surface area contributed by atoms with E-state index in [1.165, 1.54) is 0 Å². The molecule has 0 spiro atoms. The molecule has 5 heteroatoms. The van der Waals surface area contributed by atoms with Gasteiger partial charge in [0.25, 0.3) is 0 Å². The van der Waals surface area contributed by atoms with Crippen LogP contribution in [0, 0.1) is 11.8 Å². The van der Waals surface area contributed by atoms with Crippen LogP contribution in [0.4, 0.5) is 0 Å². The Morgan fingerprint density at radius 1 is 0.944 bits per heavy atom. The molecule has 0 saturated carbocycles. The molecule has 0 bridgehead atoms. The third-order valence-electron chi connectivity index (χ3n) is 3.09. The maximum Gasteiger partial charge on any atom is 0.212 e. The van der Waals surface area contributed by atoms with E-state index < -0.39 is 12.1 Å². The van der Waals surface area contributed by atoms with Crippen LogP contribution in [0.1, 0.15) is 27.7 Å². The summed E-state index contributed by atoms with van der Waals surface area (Å²) in [5, 5.41) is 10.2. The Hall–Kier alpha value is -1.10. The van der Waals surface area contributed by atoms with E-state index in [-0.39, 0.29) is 17.9 Å². The topological polar surface area (TPSA) is 63.4 Å². The number of aliphatic hydroxyl groups is 1. The second-order valence-electron chi connectivity index (χ2n) is 5.21. The molecular weight excluding hydrogens is 232 g/mol. The summed E-state index contributed by atoms with van der Waals surface area (Å²) in [5.41, 5.74) is 0. The minimum Gasteiger partial charge on any atom is -0.483 e. The first-order valence-corrected chi connectivity index (χ1v) is 6.33. The molecule has 1 rings (SSSR count). The average Bonchev–Trinajstić information content (AvgIpc) is 2.35. The summed E-state index contributed by atoms with van der Waals surface area (Å²) in [5.74, 6) is 1.39. The molecule has 1 heterocycles. The fraction of sp³-hybridized carbons (Fsp3) is 0.846. The molecular formula is C13H24N2O3. The smallest absolute Gasteiger partial charge is 0.212 e. The van der Waals surface area contributed by atoms with E-state index in [4.69, 9.17) is 9.47 Å². The van der Waals surface area contributed by atoms with Gasteiger partial charge in [-0.15, -0.1) is 0 Å². The van der Waals surface area contributed by atoms with E-state index in [0.717, 1.165) is 0 Å². The number of methoxy groups -OCH3 is 2. The van der Waals surface area contributed by atoms with Crippen molar-refractivity contribution < 1.29 is 14.6 Å². The third kappa shape index (κ3) is 3.02. The van der Waals surface area contributed by atoms with Crippen molar-refractivity contribution in [3.05, 3.63) is 0 Å². The number of ether oxygens (including phenoxy) is 2. The molecule has 0 fully saturated rings. The highest BCUT2D eigenvalue weighted by atomic mass is 16.5. The largest absolute Gasteiger partial charge is 0.483 e. The summed E-state index contributed by atoms with van der Waals surface area (Å²) >= 11 is 0. The molecule has 1 N–H and O–H groups in total. The van der Waals surface area contributed by atoms with E-state index in [1.54, 1.807) is 14.2 Å². The van der Waals surface area contributed by atoms with Gasteiger partial charge >= 0.3 is 0 Å². The fourth-order valence-electron chi connectivity index (χ4n) is 1.91. The highest BCUT2D eigenvalue weighted by Crippen LogP contribution is 2.21. The summed E-state index contributed by atoms with van der Waals surface area (Å²) in [6.45, 7) is 7.98. The quantitative estimate of drug-likeness (QED) is 0.832. The summed E-state index contributed by atoms with van der Waals surface area (Å²) < 4.78 is 10.6. The Balaban J connectivity index is 3.06. The van der Waals surface area contributed by atoms with Crippen molar-refractivity contribution in [3.8, 4) is 0 Å². The lowest BCUT2D eigenvalue weighted by atomic mass is 9.97. The molecule has 1 unspecified atom stereocenters. The first-order valence-electron chi connectivity index (χ1n) is 6.33. The van der Waals surface area contributed by atoms with Gasteiger partial charge in [0.15, 0.2) is 6.04 Å². The van der Waals surface area contributed by atoms with Crippen LogP contribution >= 0.6 is 0 Å². The van der Waals surface area contributed by atoms with Gasteiger partial charge in [0.1, 0.15) is 6.04 Å².